The highest BCUT2D eigenvalue weighted by Crippen LogP contribution is 2.19. The zero-order valence-corrected chi connectivity index (χ0v) is 11.1. The first-order valence-electron chi connectivity index (χ1n) is 6.09. The highest BCUT2D eigenvalue weighted by atomic mass is 16.5. The number of hydrogen-bond donors (Lipinski definition) is 2. The van der Waals surface area contributed by atoms with Crippen molar-refractivity contribution in [2.45, 2.75) is 27.2 Å². The minimum Gasteiger partial charge on any atom is -0.380 e. The molecule has 0 aromatic carbocycles. The molecule has 1 aromatic heterocycles. The Morgan fingerprint density at radius 2 is 1.88 bits per heavy atom. The summed E-state index contributed by atoms with van der Waals surface area (Å²) in [6.45, 7) is 8.24. The third-order valence-corrected chi connectivity index (χ3v) is 2.49. The molecule has 0 aliphatic carbocycles. The van der Waals surface area contributed by atoms with Gasteiger partial charge < -0.3 is 15.4 Å². The van der Waals surface area contributed by atoms with Crippen LogP contribution in [0.2, 0.25) is 0 Å². The van der Waals surface area contributed by atoms with E-state index in [9.17, 15) is 0 Å². The van der Waals surface area contributed by atoms with Crippen LogP contribution in [0.1, 0.15) is 25.2 Å². The molecule has 0 saturated heterocycles. The summed E-state index contributed by atoms with van der Waals surface area (Å²) in [4.78, 5) is 8.90. The van der Waals surface area contributed by atoms with E-state index in [4.69, 9.17) is 4.74 Å². The maximum atomic E-state index is 5.29. The quantitative estimate of drug-likeness (QED) is 0.710. The van der Waals surface area contributed by atoms with Crippen molar-refractivity contribution in [3.63, 3.8) is 0 Å². The second kappa shape index (κ2) is 7.06. The molecule has 0 fully saturated rings. The Morgan fingerprint density at radius 1 is 1.18 bits per heavy atom. The maximum Gasteiger partial charge on any atom is 0.134 e. The molecule has 5 nitrogen and oxygen atoms in total. The highest BCUT2D eigenvalue weighted by molar-refractivity contribution is 5.56. The van der Waals surface area contributed by atoms with Crippen molar-refractivity contribution in [1.82, 2.24) is 9.97 Å². The second-order valence-electron chi connectivity index (χ2n) is 3.69. The first-order valence-corrected chi connectivity index (χ1v) is 6.09. The van der Waals surface area contributed by atoms with E-state index in [2.05, 4.69) is 20.6 Å². The first-order chi connectivity index (χ1) is 8.22. The van der Waals surface area contributed by atoms with Crippen LogP contribution >= 0.6 is 0 Å². The van der Waals surface area contributed by atoms with Crippen LogP contribution < -0.4 is 10.6 Å². The van der Waals surface area contributed by atoms with E-state index in [-0.39, 0.29) is 0 Å². The normalized spacial score (nSPS) is 10.4. The van der Waals surface area contributed by atoms with E-state index in [0.717, 1.165) is 42.6 Å². The first kappa shape index (κ1) is 13.7. The lowest BCUT2D eigenvalue weighted by molar-refractivity contribution is 0.158. The predicted octanol–water partition coefficient (Wildman–Crippen LogP) is 1.84. The third-order valence-electron chi connectivity index (χ3n) is 2.49. The van der Waals surface area contributed by atoms with Gasteiger partial charge in [-0.1, -0.05) is 6.92 Å². The van der Waals surface area contributed by atoms with Gasteiger partial charge >= 0.3 is 0 Å². The molecule has 17 heavy (non-hydrogen) atoms. The summed E-state index contributed by atoms with van der Waals surface area (Å²) in [6.07, 6.45) is 0.828. The number of aromatic nitrogens is 2. The van der Waals surface area contributed by atoms with Gasteiger partial charge in [-0.2, -0.15) is 0 Å². The van der Waals surface area contributed by atoms with Crippen LogP contribution in [0.3, 0.4) is 0 Å². The smallest absolute Gasteiger partial charge is 0.134 e. The summed E-state index contributed by atoms with van der Waals surface area (Å²) in [7, 11) is 1.87. The van der Waals surface area contributed by atoms with Crippen molar-refractivity contribution in [3.05, 3.63) is 11.4 Å². The zero-order chi connectivity index (χ0) is 12.7. The Hall–Kier alpha value is -1.36. The van der Waals surface area contributed by atoms with Crippen LogP contribution in [0.5, 0.6) is 0 Å². The van der Waals surface area contributed by atoms with E-state index in [1.165, 1.54) is 0 Å². The molecular formula is C12H22N4O. The summed E-state index contributed by atoms with van der Waals surface area (Å²) in [5.74, 6) is 2.62. The van der Waals surface area contributed by atoms with Crippen molar-refractivity contribution in [1.29, 1.82) is 0 Å². The molecule has 0 aliphatic rings. The van der Waals surface area contributed by atoms with E-state index < -0.39 is 0 Å². The topological polar surface area (TPSA) is 59.1 Å². The van der Waals surface area contributed by atoms with Crippen molar-refractivity contribution in [2.75, 3.05) is 37.4 Å². The van der Waals surface area contributed by atoms with Gasteiger partial charge in [0.05, 0.1) is 6.61 Å². The fourth-order valence-corrected chi connectivity index (χ4v) is 1.52. The van der Waals surface area contributed by atoms with Crippen LogP contribution in [-0.2, 0) is 11.2 Å². The summed E-state index contributed by atoms with van der Waals surface area (Å²) >= 11 is 0. The van der Waals surface area contributed by atoms with Crippen molar-refractivity contribution >= 4 is 11.6 Å². The Kier molecular flexibility index (Phi) is 5.69. The van der Waals surface area contributed by atoms with Crippen molar-refractivity contribution < 1.29 is 4.74 Å². The maximum absolute atomic E-state index is 5.29. The van der Waals surface area contributed by atoms with Crippen LogP contribution in [0.4, 0.5) is 11.6 Å². The largest absolute Gasteiger partial charge is 0.380 e. The summed E-state index contributed by atoms with van der Waals surface area (Å²) < 4.78 is 5.29. The van der Waals surface area contributed by atoms with Crippen LogP contribution in [0, 0.1) is 6.92 Å². The molecule has 0 spiro atoms. The molecule has 0 radical (unpaired) electrons. The van der Waals surface area contributed by atoms with Crippen LogP contribution in [0.25, 0.3) is 0 Å². The van der Waals surface area contributed by atoms with Gasteiger partial charge in [0.1, 0.15) is 17.5 Å². The molecule has 0 unspecified atom stereocenters. The van der Waals surface area contributed by atoms with Crippen LogP contribution in [0.15, 0.2) is 0 Å². The third kappa shape index (κ3) is 3.85. The Bertz CT molecular complexity index is 355. The lowest BCUT2D eigenvalue weighted by atomic mass is 10.3. The van der Waals surface area contributed by atoms with Gasteiger partial charge in [-0.15, -0.1) is 0 Å². The predicted molar refractivity (Wildman–Crippen MR) is 70.7 cm³/mol. The minimum atomic E-state index is 0.691. The van der Waals surface area contributed by atoms with E-state index in [1.54, 1.807) is 0 Å². The molecule has 96 valence electrons. The average molecular weight is 238 g/mol. The van der Waals surface area contributed by atoms with Crippen LogP contribution in [-0.4, -0.2) is 36.8 Å². The Labute approximate surface area is 103 Å². The number of rotatable bonds is 7. The molecule has 0 bridgehead atoms. The Morgan fingerprint density at radius 3 is 2.47 bits per heavy atom. The molecular weight excluding hydrogens is 216 g/mol. The summed E-state index contributed by atoms with van der Waals surface area (Å²) in [6, 6.07) is 0. The van der Waals surface area contributed by atoms with E-state index >= 15 is 0 Å². The van der Waals surface area contributed by atoms with Gasteiger partial charge in [-0.25, -0.2) is 9.97 Å². The van der Waals surface area contributed by atoms with Crippen molar-refractivity contribution in [3.8, 4) is 0 Å². The van der Waals surface area contributed by atoms with Gasteiger partial charge in [-0.05, 0) is 13.8 Å². The number of nitrogens with one attached hydrogen (secondary N) is 2. The molecule has 0 aliphatic heterocycles. The molecule has 0 saturated carbocycles. The monoisotopic (exact) mass is 238 g/mol. The molecule has 1 aromatic rings. The fraction of sp³-hybridized carbons (Fsp3) is 0.667. The van der Waals surface area contributed by atoms with Crippen molar-refractivity contribution in [2.24, 2.45) is 0 Å². The lowest BCUT2D eigenvalue weighted by Crippen LogP contribution is -2.13. The Balaban J connectivity index is 2.75. The number of aryl methyl sites for hydroxylation is 1. The molecule has 5 heteroatoms. The fourth-order valence-electron chi connectivity index (χ4n) is 1.52. The molecule has 0 atom stereocenters. The average Bonchev–Trinajstić information content (AvgIpc) is 2.36. The SMILES string of the molecule is CCOCCNc1nc(CC)nc(NC)c1C. The number of anilines is 2. The standard InChI is InChI=1S/C12H22N4O/c1-5-10-15-11(13-4)9(3)12(16-10)14-7-8-17-6-2/h5-8H2,1-4H3,(H2,13,14,15,16). The summed E-state index contributed by atoms with van der Waals surface area (Å²) in [5, 5.41) is 6.37. The van der Waals surface area contributed by atoms with E-state index in [1.807, 2.05) is 27.8 Å². The van der Waals surface area contributed by atoms with Gasteiger partial charge in [0.15, 0.2) is 0 Å². The highest BCUT2D eigenvalue weighted by Gasteiger charge is 2.08. The van der Waals surface area contributed by atoms with Gasteiger partial charge in [0.25, 0.3) is 0 Å². The summed E-state index contributed by atoms with van der Waals surface area (Å²) in [5.41, 5.74) is 1.04. The number of ether oxygens (including phenoxy) is 1. The lowest BCUT2D eigenvalue weighted by Gasteiger charge is -2.13. The zero-order valence-electron chi connectivity index (χ0n) is 11.1. The molecule has 0 amide bonds. The molecule has 1 heterocycles. The number of nitrogens with zero attached hydrogens (tertiary/aromatic N) is 2. The second-order valence-corrected chi connectivity index (χ2v) is 3.69. The molecule has 2 N–H and O–H groups in total. The van der Waals surface area contributed by atoms with Gasteiger partial charge in [0.2, 0.25) is 0 Å². The minimum absolute atomic E-state index is 0.691. The van der Waals surface area contributed by atoms with E-state index in [0.29, 0.717) is 6.61 Å². The number of hydrogen-bond acceptors (Lipinski definition) is 5. The van der Waals surface area contributed by atoms with Gasteiger partial charge in [0, 0.05) is 32.2 Å². The van der Waals surface area contributed by atoms with Gasteiger partial charge in [-0.3, -0.25) is 0 Å². The molecule has 1 rings (SSSR count).